The van der Waals surface area contributed by atoms with E-state index in [4.69, 9.17) is 0 Å². The van der Waals surface area contributed by atoms with Crippen LogP contribution in [0.15, 0.2) is 0 Å². The Kier molecular flexibility index (Phi) is 4.96. The summed E-state index contributed by atoms with van der Waals surface area (Å²) in [7, 11) is 0. The van der Waals surface area contributed by atoms with Crippen LogP contribution < -0.4 is 5.32 Å². The molecule has 1 saturated heterocycles. The smallest absolute Gasteiger partial charge is 0.251 e. The summed E-state index contributed by atoms with van der Waals surface area (Å²) in [5.41, 5.74) is 0.0267. The SMILES string of the molecule is CCCC1CN(CC(F)F)C2(CCCCC2)CN1. The van der Waals surface area contributed by atoms with Gasteiger partial charge in [-0.15, -0.1) is 0 Å². The third kappa shape index (κ3) is 3.21. The Morgan fingerprint density at radius 3 is 2.61 bits per heavy atom. The molecule has 0 aromatic rings. The molecule has 1 aliphatic heterocycles. The number of piperazine rings is 1. The average Bonchev–Trinajstić information content (AvgIpc) is 2.35. The largest absolute Gasteiger partial charge is 0.311 e. The molecule has 0 bridgehead atoms. The van der Waals surface area contributed by atoms with Gasteiger partial charge in [0.15, 0.2) is 0 Å². The topological polar surface area (TPSA) is 15.3 Å². The highest BCUT2D eigenvalue weighted by atomic mass is 19.3. The van der Waals surface area contributed by atoms with Crippen molar-refractivity contribution in [2.24, 2.45) is 0 Å². The second kappa shape index (κ2) is 6.29. The number of halogens is 2. The van der Waals surface area contributed by atoms with Gasteiger partial charge in [0.25, 0.3) is 6.43 Å². The molecule has 1 heterocycles. The standard InChI is InChI=1S/C14H26F2N2/c1-2-6-12-9-18(10-13(15)16)14(11-17-12)7-4-3-5-8-14/h12-13,17H,2-11H2,1H3. The average molecular weight is 260 g/mol. The van der Waals surface area contributed by atoms with Crippen LogP contribution in [0.3, 0.4) is 0 Å². The van der Waals surface area contributed by atoms with Crippen molar-refractivity contribution in [2.75, 3.05) is 19.6 Å². The first-order valence-electron chi connectivity index (χ1n) is 7.43. The highest BCUT2D eigenvalue weighted by Crippen LogP contribution is 2.36. The summed E-state index contributed by atoms with van der Waals surface area (Å²) in [6.45, 7) is 3.83. The molecule has 18 heavy (non-hydrogen) atoms. The Morgan fingerprint density at radius 2 is 2.00 bits per heavy atom. The van der Waals surface area contributed by atoms with E-state index >= 15 is 0 Å². The first-order valence-corrected chi connectivity index (χ1v) is 7.43. The van der Waals surface area contributed by atoms with E-state index in [-0.39, 0.29) is 12.1 Å². The number of hydrogen-bond donors (Lipinski definition) is 1. The maximum Gasteiger partial charge on any atom is 0.251 e. The molecule has 1 atom stereocenters. The van der Waals surface area contributed by atoms with E-state index < -0.39 is 6.43 Å². The van der Waals surface area contributed by atoms with Crippen LogP contribution in [0.5, 0.6) is 0 Å². The summed E-state index contributed by atoms with van der Waals surface area (Å²) in [5, 5.41) is 3.60. The Balaban J connectivity index is 2.03. The van der Waals surface area contributed by atoms with Gasteiger partial charge in [0.2, 0.25) is 0 Å². The Labute approximate surface area is 109 Å². The van der Waals surface area contributed by atoms with Gasteiger partial charge in [0.1, 0.15) is 0 Å². The minimum Gasteiger partial charge on any atom is -0.311 e. The van der Waals surface area contributed by atoms with E-state index in [1.807, 2.05) is 0 Å². The quantitative estimate of drug-likeness (QED) is 0.836. The summed E-state index contributed by atoms with van der Waals surface area (Å²) < 4.78 is 25.6. The van der Waals surface area contributed by atoms with E-state index in [1.165, 1.54) is 19.3 Å². The molecule has 2 aliphatic rings. The molecule has 1 unspecified atom stereocenters. The molecule has 0 aromatic carbocycles. The van der Waals surface area contributed by atoms with Crippen molar-refractivity contribution in [2.45, 2.75) is 69.9 Å². The summed E-state index contributed by atoms with van der Waals surface area (Å²) >= 11 is 0. The fourth-order valence-electron chi connectivity index (χ4n) is 3.65. The molecule has 2 fully saturated rings. The lowest BCUT2D eigenvalue weighted by molar-refractivity contribution is -0.0298. The molecule has 1 spiro atoms. The maximum atomic E-state index is 12.8. The van der Waals surface area contributed by atoms with Gasteiger partial charge in [-0.2, -0.15) is 0 Å². The number of hydrogen-bond acceptors (Lipinski definition) is 2. The molecule has 1 N–H and O–H groups in total. The monoisotopic (exact) mass is 260 g/mol. The zero-order chi connectivity index (χ0) is 13.0. The lowest BCUT2D eigenvalue weighted by atomic mass is 9.78. The molecule has 2 nitrogen and oxygen atoms in total. The zero-order valence-electron chi connectivity index (χ0n) is 11.4. The second-order valence-corrected chi connectivity index (χ2v) is 5.95. The summed E-state index contributed by atoms with van der Waals surface area (Å²) in [5.74, 6) is 0. The van der Waals surface area contributed by atoms with Crippen LogP contribution in [-0.2, 0) is 0 Å². The van der Waals surface area contributed by atoms with Gasteiger partial charge >= 0.3 is 0 Å². The van der Waals surface area contributed by atoms with E-state index in [9.17, 15) is 8.78 Å². The Morgan fingerprint density at radius 1 is 1.28 bits per heavy atom. The molecule has 1 saturated carbocycles. The summed E-state index contributed by atoms with van der Waals surface area (Å²) in [4.78, 5) is 2.10. The lowest BCUT2D eigenvalue weighted by Crippen LogP contribution is -2.65. The number of alkyl halides is 2. The Hall–Kier alpha value is -0.220. The van der Waals surface area contributed by atoms with Gasteiger partial charge in [0, 0.05) is 24.7 Å². The second-order valence-electron chi connectivity index (χ2n) is 5.95. The molecule has 0 amide bonds. The van der Waals surface area contributed by atoms with Gasteiger partial charge in [-0.05, 0) is 19.3 Å². The number of nitrogens with one attached hydrogen (secondary N) is 1. The van der Waals surface area contributed by atoms with Crippen LogP contribution in [0.1, 0.15) is 51.9 Å². The number of nitrogens with zero attached hydrogens (tertiary/aromatic N) is 1. The van der Waals surface area contributed by atoms with Crippen LogP contribution in [0.25, 0.3) is 0 Å². The van der Waals surface area contributed by atoms with Crippen LogP contribution >= 0.6 is 0 Å². The van der Waals surface area contributed by atoms with Gasteiger partial charge in [-0.3, -0.25) is 4.90 Å². The van der Waals surface area contributed by atoms with E-state index in [1.54, 1.807) is 0 Å². The van der Waals surface area contributed by atoms with Crippen molar-refractivity contribution in [1.29, 1.82) is 0 Å². The molecular weight excluding hydrogens is 234 g/mol. The fraction of sp³-hybridized carbons (Fsp3) is 1.00. The van der Waals surface area contributed by atoms with E-state index in [0.717, 1.165) is 38.8 Å². The molecule has 2 rings (SSSR count). The van der Waals surface area contributed by atoms with E-state index in [2.05, 4.69) is 17.1 Å². The molecule has 1 aliphatic carbocycles. The summed E-state index contributed by atoms with van der Waals surface area (Å²) in [6.07, 6.45) is 5.84. The van der Waals surface area contributed by atoms with Crippen LogP contribution in [0.2, 0.25) is 0 Å². The lowest BCUT2D eigenvalue weighted by Gasteiger charge is -2.52. The van der Waals surface area contributed by atoms with Gasteiger partial charge < -0.3 is 5.32 Å². The molecular formula is C14H26F2N2. The van der Waals surface area contributed by atoms with Gasteiger partial charge in [-0.25, -0.2) is 8.78 Å². The van der Waals surface area contributed by atoms with Crippen molar-refractivity contribution in [3.05, 3.63) is 0 Å². The van der Waals surface area contributed by atoms with Crippen LogP contribution in [0.4, 0.5) is 8.78 Å². The normalized spacial score (nSPS) is 29.0. The third-order valence-corrected chi connectivity index (χ3v) is 4.61. The van der Waals surface area contributed by atoms with Crippen LogP contribution in [0, 0.1) is 0 Å². The van der Waals surface area contributed by atoms with Crippen molar-refractivity contribution in [1.82, 2.24) is 10.2 Å². The fourth-order valence-corrected chi connectivity index (χ4v) is 3.65. The molecule has 0 radical (unpaired) electrons. The van der Waals surface area contributed by atoms with Gasteiger partial charge in [-0.1, -0.05) is 32.6 Å². The highest BCUT2D eigenvalue weighted by molar-refractivity contribution is 5.00. The predicted molar refractivity (Wildman–Crippen MR) is 70.1 cm³/mol. The third-order valence-electron chi connectivity index (χ3n) is 4.61. The number of rotatable bonds is 4. The highest BCUT2D eigenvalue weighted by Gasteiger charge is 2.42. The minimum atomic E-state index is -2.20. The van der Waals surface area contributed by atoms with Crippen molar-refractivity contribution in [3.63, 3.8) is 0 Å². The van der Waals surface area contributed by atoms with Gasteiger partial charge in [0.05, 0.1) is 6.54 Å². The van der Waals surface area contributed by atoms with E-state index in [0.29, 0.717) is 6.04 Å². The molecule has 106 valence electrons. The van der Waals surface area contributed by atoms with Crippen molar-refractivity contribution >= 4 is 0 Å². The van der Waals surface area contributed by atoms with Crippen molar-refractivity contribution in [3.8, 4) is 0 Å². The minimum absolute atomic E-state index is 0.0267. The maximum absolute atomic E-state index is 12.8. The molecule has 0 aromatic heterocycles. The predicted octanol–water partition coefficient (Wildman–Crippen LogP) is 3.03. The first kappa shape index (κ1) is 14.2. The van der Waals surface area contributed by atoms with Crippen LogP contribution in [-0.4, -0.2) is 42.5 Å². The molecule has 4 heteroatoms. The zero-order valence-corrected chi connectivity index (χ0v) is 11.4. The Bertz CT molecular complexity index is 252. The first-order chi connectivity index (χ1) is 8.66. The summed E-state index contributed by atoms with van der Waals surface area (Å²) in [6, 6.07) is 0.404. The van der Waals surface area contributed by atoms with Crippen molar-refractivity contribution < 1.29 is 8.78 Å².